The Morgan fingerprint density at radius 2 is 1.71 bits per heavy atom. The van der Waals surface area contributed by atoms with Crippen LogP contribution in [0.3, 0.4) is 0 Å². The first-order valence-corrected chi connectivity index (χ1v) is 9.15. The highest BCUT2D eigenvalue weighted by atomic mass is 32.2. The van der Waals surface area contributed by atoms with Crippen molar-refractivity contribution in [3.63, 3.8) is 0 Å². The minimum Gasteiger partial charge on any atom is -0.260 e. The summed E-state index contributed by atoms with van der Waals surface area (Å²) in [6.45, 7) is 1.70. The maximum atomic E-state index is 14.1. The zero-order valence-corrected chi connectivity index (χ0v) is 14.1. The average molecular weight is 345 g/mol. The lowest BCUT2D eigenvalue weighted by molar-refractivity contribution is 0.588. The minimum absolute atomic E-state index is 0.0191. The maximum absolute atomic E-state index is 14.1. The van der Waals surface area contributed by atoms with Crippen LogP contribution in [0.5, 0.6) is 0 Å². The number of anilines is 1. The summed E-state index contributed by atoms with van der Waals surface area (Å²) in [7, 11) is -3.69. The summed E-state index contributed by atoms with van der Waals surface area (Å²) in [5.41, 5.74) is 1.45. The van der Waals surface area contributed by atoms with Crippen molar-refractivity contribution in [2.45, 2.75) is 13.5 Å². The summed E-state index contributed by atoms with van der Waals surface area (Å²) in [5.74, 6) is -0.291. The Bertz CT molecular complexity index is 1010. The van der Waals surface area contributed by atoms with Gasteiger partial charge >= 0.3 is 0 Å². The van der Waals surface area contributed by atoms with E-state index in [-0.39, 0.29) is 12.2 Å². The first-order chi connectivity index (χ1) is 11.4. The van der Waals surface area contributed by atoms with Gasteiger partial charge in [0, 0.05) is 11.1 Å². The number of nitrogens with zero attached hydrogens (tertiary/aromatic N) is 3. The third-order valence-corrected chi connectivity index (χ3v) is 4.77. The predicted octanol–water partition coefficient (Wildman–Crippen LogP) is 3.04. The van der Waals surface area contributed by atoms with E-state index in [4.69, 9.17) is 0 Å². The van der Waals surface area contributed by atoms with Gasteiger partial charge in [-0.15, -0.1) is 0 Å². The molecule has 7 heteroatoms. The van der Waals surface area contributed by atoms with Crippen molar-refractivity contribution in [1.82, 2.24) is 9.97 Å². The molecule has 124 valence electrons. The molecule has 0 aliphatic carbocycles. The van der Waals surface area contributed by atoms with E-state index in [0.717, 1.165) is 27.2 Å². The summed E-state index contributed by atoms with van der Waals surface area (Å²) >= 11 is 0. The van der Waals surface area contributed by atoms with E-state index in [1.165, 1.54) is 18.2 Å². The molecule has 0 fully saturated rings. The molecule has 5 nitrogen and oxygen atoms in total. The number of benzene rings is 2. The van der Waals surface area contributed by atoms with Crippen LogP contribution in [0.2, 0.25) is 0 Å². The van der Waals surface area contributed by atoms with Gasteiger partial charge in [0.25, 0.3) is 0 Å². The van der Waals surface area contributed by atoms with E-state index in [9.17, 15) is 12.8 Å². The molecular formula is C17H16FN3O2S. The van der Waals surface area contributed by atoms with Crippen molar-refractivity contribution in [2.75, 3.05) is 10.6 Å². The fraction of sp³-hybridized carbons (Fsp3) is 0.176. The number of hydrogen-bond donors (Lipinski definition) is 0. The van der Waals surface area contributed by atoms with Gasteiger partial charge in [-0.2, -0.15) is 0 Å². The quantitative estimate of drug-likeness (QED) is 0.729. The van der Waals surface area contributed by atoms with Gasteiger partial charge in [0.2, 0.25) is 10.0 Å². The number of hydrogen-bond acceptors (Lipinski definition) is 4. The normalized spacial score (nSPS) is 11.6. The molecule has 2 aromatic carbocycles. The molecule has 1 aromatic heterocycles. The highest BCUT2D eigenvalue weighted by Gasteiger charge is 2.22. The maximum Gasteiger partial charge on any atom is 0.232 e. The van der Waals surface area contributed by atoms with Crippen LogP contribution in [-0.2, 0) is 16.6 Å². The van der Waals surface area contributed by atoms with Gasteiger partial charge in [-0.1, -0.05) is 30.3 Å². The SMILES string of the molecule is Cc1nc(CN(c2ccccc2F)S(C)(=O)=O)nc2ccccc12. The van der Waals surface area contributed by atoms with Gasteiger partial charge in [-0.3, -0.25) is 4.31 Å². The Hall–Kier alpha value is -2.54. The molecule has 0 aliphatic rings. The third-order valence-electron chi connectivity index (χ3n) is 3.65. The second kappa shape index (κ2) is 6.16. The molecule has 0 saturated carbocycles. The van der Waals surface area contributed by atoms with Crippen molar-refractivity contribution < 1.29 is 12.8 Å². The fourth-order valence-corrected chi connectivity index (χ4v) is 3.38. The number of fused-ring (bicyclic) bond motifs is 1. The molecule has 3 rings (SSSR count). The Kier molecular flexibility index (Phi) is 4.19. The highest BCUT2D eigenvalue weighted by Crippen LogP contribution is 2.24. The predicted molar refractivity (Wildman–Crippen MR) is 91.7 cm³/mol. The molecule has 0 atom stereocenters. The monoisotopic (exact) mass is 345 g/mol. The second-order valence-corrected chi connectivity index (χ2v) is 7.37. The van der Waals surface area contributed by atoms with E-state index >= 15 is 0 Å². The molecule has 3 aromatic rings. The van der Waals surface area contributed by atoms with Gasteiger partial charge in [0.05, 0.1) is 24.0 Å². The number of aromatic nitrogens is 2. The minimum atomic E-state index is -3.69. The second-order valence-electron chi connectivity index (χ2n) is 5.46. The van der Waals surface area contributed by atoms with Crippen LogP contribution in [0, 0.1) is 12.7 Å². The van der Waals surface area contributed by atoms with Crippen LogP contribution in [0.4, 0.5) is 10.1 Å². The average Bonchev–Trinajstić information content (AvgIpc) is 2.52. The largest absolute Gasteiger partial charge is 0.260 e. The molecule has 0 unspecified atom stereocenters. The summed E-state index contributed by atoms with van der Waals surface area (Å²) in [6.07, 6.45) is 1.04. The number of halogens is 1. The van der Waals surface area contributed by atoms with Crippen LogP contribution < -0.4 is 4.31 Å². The molecule has 0 N–H and O–H groups in total. The molecular weight excluding hydrogens is 329 g/mol. The molecule has 0 saturated heterocycles. The van der Waals surface area contributed by atoms with Crippen LogP contribution in [-0.4, -0.2) is 24.6 Å². The molecule has 1 heterocycles. The summed E-state index contributed by atoms with van der Waals surface area (Å²) in [4.78, 5) is 8.78. The van der Waals surface area contributed by atoms with E-state index in [0.29, 0.717) is 5.82 Å². The van der Waals surface area contributed by atoms with Gasteiger partial charge in [0.15, 0.2) is 0 Å². The zero-order valence-electron chi connectivity index (χ0n) is 13.3. The number of rotatable bonds is 4. The van der Waals surface area contributed by atoms with E-state index in [1.54, 1.807) is 6.07 Å². The zero-order chi connectivity index (χ0) is 17.3. The first kappa shape index (κ1) is 16.3. The van der Waals surface area contributed by atoms with Crippen LogP contribution in [0.15, 0.2) is 48.5 Å². The molecule has 0 spiro atoms. The Morgan fingerprint density at radius 3 is 2.42 bits per heavy atom. The first-order valence-electron chi connectivity index (χ1n) is 7.31. The third kappa shape index (κ3) is 3.21. The standard InChI is InChI=1S/C17H16FN3O2S/c1-12-13-7-3-5-9-15(13)20-17(19-12)11-21(24(2,22)23)16-10-6-4-8-14(16)18/h3-10H,11H2,1-2H3. The number of sulfonamides is 1. The number of para-hydroxylation sites is 2. The van der Waals surface area contributed by atoms with Crippen molar-refractivity contribution in [2.24, 2.45) is 0 Å². The van der Waals surface area contributed by atoms with Crippen molar-refractivity contribution >= 4 is 26.6 Å². The lowest BCUT2D eigenvalue weighted by atomic mass is 10.2. The fourth-order valence-electron chi connectivity index (χ4n) is 2.53. The Labute approximate surface area is 139 Å². The highest BCUT2D eigenvalue weighted by molar-refractivity contribution is 7.92. The smallest absolute Gasteiger partial charge is 0.232 e. The van der Waals surface area contributed by atoms with Crippen molar-refractivity contribution in [3.05, 3.63) is 65.9 Å². The van der Waals surface area contributed by atoms with Gasteiger partial charge in [-0.05, 0) is 25.1 Å². The van der Waals surface area contributed by atoms with Gasteiger partial charge in [0.1, 0.15) is 11.6 Å². The molecule has 0 radical (unpaired) electrons. The van der Waals surface area contributed by atoms with Crippen LogP contribution in [0.25, 0.3) is 10.9 Å². The summed E-state index contributed by atoms with van der Waals surface area (Å²) < 4.78 is 39.3. The topological polar surface area (TPSA) is 63.2 Å². The summed E-state index contributed by atoms with van der Waals surface area (Å²) in [5, 5.41) is 0.901. The van der Waals surface area contributed by atoms with Crippen molar-refractivity contribution in [1.29, 1.82) is 0 Å². The van der Waals surface area contributed by atoms with E-state index < -0.39 is 15.8 Å². The lowest BCUT2D eigenvalue weighted by Gasteiger charge is -2.22. The number of aryl methyl sites for hydroxylation is 1. The molecule has 0 amide bonds. The Morgan fingerprint density at radius 1 is 1.04 bits per heavy atom. The molecule has 0 bridgehead atoms. The van der Waals surface area contributed by atoms with Crippen LogP contribution >= 0.6 is 0 Å². The molecule has 24 heavy (non-hydrogen) atoms. The van der Waals surface area contributed by atoms with Gasteiger partial charge in [-0.25, -0.2) is 22.8 Å². The Balaban J connectivity index is 2.08. The van der Waals surface area contributed by atoms with E-state index in [1.807, 2.05) is 31.2 Å². The van der Waals surface area contributed by atoms with E-state index in [2.05, 4.69) is 9.97 Å². The van der Waals surface area contributed by atoms with Gasteiger partial charge < -0.3 is 0 Å². The van der Waals surface area contributed by atoms with Crippen molar-refractivity contribution in [3.8, 4) is 0 Å². The summed E-state index contributed by atoms with van der Waals surface area (Å²) in [6, 6.07) is 13.2. The molecule has 0 aliphatic heterocycles. The lowest BCUT2D eigenvalue weighted by Crippen LogP contribution is -2.31. The van der Waals surface area contributed by atoms with Crippen LogP contribution in [0.1, 0.15) is 11.5 Å².